The van der Waals surface area contributed by atoms with Crippen molar-refractivity contribution in [3.05, 3.63) is 53.9 Å². The Morgan fingerprint density at radius 1 is 1.23 bits per heavy atom. The van der Waals surface area contributed by atoms with Gasteiger partial charge in [-0.3, -0.25) is 15.1 Å². The van der Waals surface area contributed by atoms with Crippen molar-refractivity contribution in [3.63, 3.8) is 0 Å². The van der Waals surface area contributed by atoms with E-state index in [1.807, 2.05) is 29.6 Å². The molecule has 110 valence electrons. The maximum absolute atomic E-state index is 12.0. The van der Waals surface area contributed by atoms with Gasteiger partial charge in [-0.15, -0.1) is 11.3 Å². The van der Waals surface area contributed by atoms with Gasteiger partial charge < -0.3 is 4.74 Å². The van der Waals surface area contributed by atoms with Crippen LogP contribution in [0, 0.1) is 0 Å². The molecule has 2 heterocycles. The van der Waals surface area contributed by atoms with Crippen LogP contribution in [0.5, 0.6) is 5.75 Å². The molecule has 1 N–H and O–H groups in total. The quantitative estimate of drug-likeness (QED) is 0.801. The van der Waals surface area contributed by atoms with Gasteiger partial charge in [0.1, 0.15) is 11.4 Å². The highest BCUT2D eigenvalue weighted by Crippen LogP contribution is 2.26. The Morgan fingerprint density at radius 2 is 2.05 bits per heavy atom. The summed E-state index contributed by atoms with van der Waals surface area (Å²) >= 11 is 1.35. The van der Waals surface area contributed by atoms with Gasteiger partial charge in [0, 0.05) is 23.3 Å². The van der Waals surface area contributed by atoms with Crippen molar-refractivity contribution in [1.82, 2.24) is 15.0 Å². The summed E-state index contributed by atoms with van der Waals surface area (Å²) in [5.74, 6) is 0.457. The van der Waals surface area contributed by atoms with Gasteiger partial charge >= 0.3 is 0 Å². The van der Waals surface area contributed by atoms with Gasteiger partial charge in [-0.25, -0.2) is 9.97 Å². The first-order chi connectivity index (χ1) is 10.8. The fourth-order valence-corrected chi connectivity index (χ4v) is 2.52. The van der Waals surface area contributed by atoms with Crippen LogP contribution < -0.4 is 10.1 Å². The summed E-state index contributed by atoms with van der Waals surface area (Å²) in [5.41, 5.74) is 2.00. The third-order valence-electron chi connectivity index (χ3n) is 2.91. The largest absolute Gasteiger partial charge is 0.497 e. The van der Waals surface area contributed by atoms with Gasteiger partial charge in [-0.05, 0) is 24.3 Å². The fourth-order valence-electron chi connectivity index (χ4n) is 1.80. The maximum atomic E-state index is 12.0. The minimum Gasteiger partial charge on any atom is -0.497 e. The first kappa shape index (κ1) is 14.2. The zero-order valence-corrected chi connectivity index (χ0v) is 12.5. The second-order valence-corrected chi connectivity index (χ2v) is 5.17. The molecule has 0 fully saturated rings. The average Bonchev–Trinajstić information content (AvgIpc) is 3.04. The van der Waals surface area contributed by atoms with Crippen LogP contribution in [0.4, 0.5) is 5.13 Å². The number of thiazole rings is 1. The molecule has 0 bridgehead atoms. The Balaban J connectivity index is 1.74. The lowest BCUT2D eigenvalue weighted by atomic mass is 10.2. The number of anilines is 1. The Kier molecular flexibility index (Phi) is 4.06. The van der Waals surface area contributed by atoms with Gasteiger partial charge in [-0.1, -0.05) is 0 Å². The van der Waals surface area contributed by atoms with Gasteiger partial charge in [-0.2, -0.15) is 0 Å². The number of rotatable bonds is 4. The molecular weight excluding hydrogens is 300 g/mol. The van der Waals surface area contributed by atoms with Crippen LogP contribution >= 0.6 is 11.3 Å². The predicted molar refractivity (Wildman–Crippen MR) is 84.1 cm³/mol. The molecule has 2 aromatic heterocycles. The number of amides is 1. The normalized spacial score (nSPS) is 10.2. The topological polar surface area (TPSA) is 77.0 Å². The van der Waals surface area contributed by atoms with Crippen LogP contribution in [0.2, 0.25) is 0 Å². The number of nitrogens with zero attached hydrogens (tertiary/aromatic N) is 3. The lowest BCUT2D eigenvalue weighted by molar-refractivity contribution is 0.102. The second kappa shape index (κ2) is 6.31. The molecule has 0 aliphatic heterocycles. The summed E-state index contributed by atoms with van der Waals surface area (Å²) < 4.78 is 5.12. The lowest BCUT2D eigenvalue weighted by Crippen LogP contribution is -2.13. The molecule has 7 heteroatoms. The minimum absolute atomic E-state index is 0.253. The second-order valence-electron chi connectivity index (χ2n) is 4.31. The summed E-state index contributed by atoms with van der Waals surface area (Å²) in [4.78, 5) is 24.2. The van der Waals surface area contributed by atoms with Crippen LogP contribution in [0.3, 0.4) is 0 Å². The Morgan fingerprint density at radius 3 is 2.73 bits per heavy atom. The Bertz CT molecular complexity index is 772. The molecule has 0 radical (unpaired) electrons. The van der Waals surface area contributed by atoms with Crippen molar-refractivity contribution >= 4 is 22.4 Å². The number of carbonyl (C=O) groups is 1. The van der Waals surface area contributed by atoms with E-state index in [4.69, 9.17) is 4.74 Å². The standard InChI is InChI=1S/C15H12N4O2S/c1-21-11-4-2-10(3-5-11)13-9-22-15(18-13)19-14(20)12-8-16-6-7-17-12/h2-9H,1H3,(H,18,19,20). The Labute approximate surface area is 130 Å². The zero-order valence-electron chi connectivity index (χ0n) is 11.7. The van der Waals surface area contributed by atoms with Crippen molar-refractivity contribution in [2.45, 2.75) is 0 Å². The van der Waals surface area contributed by atoms with E-state index in [1.54, 1.807) is 7.11 Å². The van der Waals surface area contributed by atoms with E-state index in [0.717, 1.165) is 17.0 Å². The predicted octanol–water partition coefficient (Wildman–Crippen LogP) is 2.86. The van der Waals surface area contributed by atoms with E-state index >= 15 is 0 Å². The van der Waals surface area contributed by atoms with Crippen LogP contribution in [0.1, 0.15) is 10.5 Å². The highest BCUT2D eigenvalue weighted by atomic mass is 32.1. The van der Waals surface area contributed by atoms with E-state index in [-0.39, 0.29) is 11.6 Å². The number of ether oxygens (including phenoxy) is 1. The molecule has 22 heavy (non-hydrogen) atoms. The molecule has 3 aromatic rings. The van der Waals surface area contributed by atoms with E-state index < -0.39 is 0 Å². The summed E-state index contributed by atoms with van der Waals surface area (Å²) in [5, 5.41) is 5.11. The summed E-state index contributed by atoms with van der Waals surface area (Å²) in [6.45, 7) is 0. The monoisotopic (exact) mass is 312 g/mol. The molecule has 0 saturated heterocycles. The van der Waals surface area contributed by atoms with Gasteiger partial charge in [0.05, 0.1) is 19.0 Å². The molecule has 0 spiro atoms. The lowest BCUT2D eigenvalue weighted by Gasteiger charge is -2.01. The Hall–Kier alpha value is -2.80. The number of hydrogen-bond donors (Lipinski definition) is 1. The number of carbonyl (C=O) groups excluding carboxylic acids is 1. The van der Waals surface area contributed by atoms with E-state index in [9.17, 15) is 4.79 Å². The van der Waals surface area contributed by atoms with Crippen molar-refractivity contribution in [2.24, 2.45) is 0 Å². The highest BCUT2D eigenvalue weighted by molar-refractivity contribution is 7.14. The van der Waals surface area contributed by atoms with Crippen molar-refractivity contribution in [2.75, 3.05) is 12.4 Å². The van der Waals surface area contributed by atoms with Crippen LogP contribution in [-0.4, -0.2) is 28.0 Å². The van der Waals surface area contributed by atoms with Crippen LogP contribution in [-0.2, 0) is 0 Å². The SMILES string of the molecule is COc1ccc(-c2csc(NC(=O)c3cnccn3)n2)cc1. The fraction of sp³-hybridized carbons (Fsp3) is 0.0667. The molecule has 1 amide bonds. The van der Waals surface area contributed by atoms with Gasteiger partial charge in [0.25, 0.3) is 5.91 Å². The maximum Gasteiger partial charge on any atom is 0.277 e. The number of nitrogens with one attached hydrogen (secondary N) is 1. The zero-order chi connectivity index (χ0) is 15.4. The summed E-state index contributed by atoms with van der Waals surface area (Å²) in [6, 6.07) is 7.57. The van der Waals surface area contributed by atoms with Crippen LogP contribution in [0.25, 0.3) is 11.3 Å². The smallest absolute Gasteiger partial charge is 0.277 e. The molecule has 0 aliphatic rings. The number of hydrogen-bond acceptors (Lipinski definition) is 6. The van der Waals surface area contributed by atoms with E-state index in [2.05, 4.69) is 20.3 Å². The molecule has 1 aromatic carbocycles. The van der Waals surface area contributed by atoms with Crippen molar-refractivity contribution in [3.8, 4) is 17.0 Å². The average molecular weight is 312 g/mol. The number of methoxy groups -OCH3 is 1. The molecule has 0 atom stereocenters. The number of benzene rings is 1. The minimum atomic E-state index is -0.330. The molecule has 3 rings (SSSR count). The summed E-state index contributed by atoms with van der Waals surface area (Å²) in [7, 11) is 1.62. The first-order valence-electron chi connectivity index (χ1n) is 6.43. The molecule has 0 saturated carbocycles. The molecular formula is C15H12N4O2S. The molecule has 6 nitrogen and oxygen atoms in total. The van der Waals surface area contributed by atoms with Gasteiger partial charge in [0.2, 0.25) is 0 Å². The summed E-state index contributed by atoms with van der Waals surface area (Å²) in [6.07, 6.45) is 4.40. The highest BCUT2D eigenvalue weighted by Gasteiger charge is 2.11. The first-order valence-corrected chi connectivity index (χ1v) is 7.31. The van der Waals surface area contributed by atoms with E-state index in [1.165, 1.54) is 29.9 Å². The molecule has 0 unspecified atom stereocenters. The molecule has 0 aliphatic carbocycles. The number of aromatic nitrogens is 3. The van der Waals surface area contributed by atoms with Crippen molar-refractivity contribution < 1.29 is 9.53 Å². The van der Waals surface area contributed by atoms with E-state index in [0.29, 0.717) is 5.13 Å². The van der Waals surface area contributed by atoms with Crippen molar-refractivity contribution in [1.29, 1.82) is 0 Å². The third-order valence-corrected chi connectivity index (χ3v) is 3.66. The third kappa shape index (κ3) is 3.09. The van der Waals surface area contributed by atoms with Crippen LogP contribution in [0.15, 0.2) is 48.2 Å². The van der Waals surface area contributed by atoms with Gasteiger partial charge in [0.15, 0.2) is 5.13 Å².